The average Bonchev–Trinajstić information content (AvgIpc) is 2.74. The first-order valence-corrected chi connectivity index (χ1v) is 10.9. The number of aryl methyl sites for hydroxylation is 1. The standard InChI is InChI=1S/C23H24N2O3S/c1-18-9-13-21(14-10-18)25-23(26)8-5-17-24-29(27,28)22-15-11-20(12-16-22)19-6-3-2-4-7-19/h2-4,6-7,9-16,24H,5,8,17H2,1H3,(H,25,26). The highest BCUT2D eigenvalue weighted by atomic mass is 32.2. The Morgan fingerprint density at radius 1 is 0.828 bits per heavy atom. The Morgan fingerprint density at radius 3 is 2.10 bits per heavy atom. The van der Waals surface area contributed by atoms with E-state index in [2.05, 4.69) is 10.0 Å². The maximum atomic E-state index is 12.4. The molecule has 0 bridgehead atoms. The van der Waals surface area contributed by atoms with Crippen LogP contribution < -0.4 is 10.0 Å². The number of benzene rings is 3. The number of rotatable bonds is 8. The number of carbonyl (C=O) groups excluding carboxylic acids is 1. The van der Waals surface area contributed by atoms with E-state index in [-0.39, 0.29) is 23.8 Å². The lowest BCUT2D eigenvalue weighted by atomic mass is 10.1. The third-order valence-corrected chi connectivity index (χ3v) is 5.96. The molecule has 6 heteroatoms. The predicted octanol–water partition coefficient (Wildman–Crippen LogP) is 4.36. The van der Waals surface area contributed by atoms with Gasteiger partial charge >= 0.3 is 0 Å². The molecule has 0 aromatic heterocycles. The number of carbonyl (C=O) groups is 1. The van der Waals surface area contributed by atoms with Crippen LogP contribution >= 0.6 is 0 Å². The van der Waals surface area contributed by atoms with Gasteiger partial charge in [-0.05, 0) is 48.7 Å². The number of sulfonamides is 1. The molecule has 29 heavy (non-hydrogen) atoms. The van der Waals surface area contributed by atoms with Gasteiger partial charge in [0.1, 0.15) is 0 Å². The highest BCUT2D eigenvalue weighted by Gasteiger charge is 2.13. The summed E-state index contributed by atoms with van der Waals surface area (Å²) in [6.07, 6.45) is 0.655. The first kappa shape index (κ1) is 20.8. The Bertz CT molecular complexity index is 1050. The molecule has 2 N–H and O–H groups in total. The topological polar surface area (TPSA) is 75.3 Å². The SMILES string of the molecule is Cc1ccc(NC(=O)CCCNS(=O)(=O)c2ccc(-c3ccccc3)cc2)cc1. The Hall–Kier alpha value is -2.96. The molecule has 0 aliphatic heterocycles. The number of anilines is 1. The van der Waals surface area contributed by atoms with Crippen LogP contribution in [0.3, 0.4) is 0 Å². The maximum absolute atomic E-state index is 12.4. The minimum Gasteiger partial charge on any atom is -0.326 e. The molecule has 0 heterocycles. The molecule has 0 saturated heterocycles. The lowest BCUT2D eigenvalue weighted by molar-refractivity contribution is -0.116. The Morgan fingerprint density at radius 2 is 1.45 bits per heavy atom. The van der Waals surface area contributed by atoms with Gasteiger partial charge in [0, 0.05) is 18.7 Å². The zero-order valence-electron chi connectivity index (χ0n) is 16.3. The van der Waals surface area contributed by atoms with Crippen LogP contribution in [0, 0.1) is 6.92 Å². The number of hydrogen-bond acceptors (Lipinski definition) is 3. The molecule has 1 amide bonds. The van der Waals surface area contributed by atoms with E-state index in [1.807, 2.05) is 61.5 Å². The van der Waals surface area contributed by atoms with Crippen molar-refractivity contribution in [3.8, 4) is 11.1 Å². The van der Waals surface area contributed by atoms with Crippen LogP contribution in [0.15, 0.2) is 83.8 Å². The second kappa shape index (κ2) is 9.49. The van der Waals surface area contributed by atoms with Gasteiger partial charge in [0.15, 0.2) is 0 Å². The van der Waals surface area contributed by atoms with E-state index in [9.17, 15) is 13.2 Å². The monoisotopic (exact) mass is 408 g/mol. The summed E-state index contributed by atoms with van der Waals surface area (Å²) in [4.78, 5) is 12.2. The fourth-order valence-electron chi connectivity index (χ4n) is 2.86. The fraction of sp³-hybridized carbons (Fsp3) is 0.174. The van der Waals surface area contributed by atoms with Crippen LogP contribution in [0.1, 0.15) is 18.4 Å². The normalized spacial score (nSPS) is 11.2. The molecular formula is C23H24N2O3S. The Labute approximate surface area is 171 Å². The Balaban J connectivity index is 1.48. The van der Waals surface area contributed by atoms with Gasteiger partial charge in [-0.2, -0.15) is 0 Å². The zero-order chi connectivity index (χ0) is 20.7. The predicted molar refractivity (Wildman–Crippen MR) is 116 cm³/mol. The third-order valence-electron chi connectivity index (χ3n) is 4.48. The molecule has 3 aromatic rings. The second-order valence-electron chi connectivity index (χ2n) is 6.81. The van der Waals surface area contributed by atoms with E-state index < -0.39 is 10.0 Å². The molecule has 0 fully saturated rings. The summed E-state index contributed by atoms with van der Waals surface area (Å²) >= 11 is 0. The quantitative estimate of drug-likeness (QED) is 0.544. The van der Waals surface area contributed by atoms with E-state index in [4.69, 9.17) is 0 Å². The molecule has 5 nitrogen and oxygen atoms in total. The molecule has 0 unspecified atom stereocenters. The Kier molecular flexibility index (Phi) is 6.80. The lowest BCUT2D eigenvalue weighted by Gasteiger charge is -2.09. The van der Waals surface area contributed by atoms with Crippen molar-refractivity contribution >= 4 is 21.6 Å². The van der Waals surface area contributed by atoms with Gasteiger partial charge in [0.05, 0.1) is 4.90 Å². The first-order valence-electron chi connectivity index (χ1n) is 9.46. The number of amides is 1. The van der Waals surface area contributed by atoms with Crippen molar-refractivity contribution in [1.29, 1.82) is 0 Å². The van der Waals surface area contributed by atoms with Crippen LogP contribution in [0.25, 0.3) is 11.1 Å². The summed E-state index contributed by atoms with van der Waals surface area (Å²) in [5.74, 6) is -0.139. The molecule has 0 radical (unpaired) electrons. The summed E-state index contributed by atoms with van der Waals surface area (Å²) in [6.45, 7) is 2.18. The minimum absolute atomic E-state index is 0.139. The van der Waals surface area contributed by atoms with Gasteiger partial charge in [0.2, 0.25) is 15.9 Å². The van der Waals surface area contributed by atoms with Gasteiger partial charge in [-0.3, -0.25) is 4.79 Å². The van der Waals surface area contributed by atoms with E-state index >= 15 is 0 Å². The third kappa shape index (κ3) is 6.01. The summed E-state index contributed by atoms with van der Waals surface area (Å²) in [5, 5.41) is 2.80. The zero-order valence-corrected chi connectivity index (χ0v) is 17.1. The van der Waals surface area contributed by atoms with Crippen LogP contribution in [0.2, 0.25) is 0 Å². The molecule has 0 atom stereocenters. The molecule has 0 aliphatic rings. The molecule has 0 saturated carbocycles. The summed E-state index contributed by atoms with van der Waals surface area (Å²) < 4.78 is 27.4. The highest BCUT2D eigenvalue weighted by Crippen LogP contribution is 2.21. The van der Waals surface area contributed by atoms with Crippen molar-refractivity contribution in [2.75, 3.05) is 11.9 Å². The summed E-state index contributed by atoms with van der Waals surface area (Å²) in [5.41, 5.74) is 3.84. The van der Waals surface area contributed by atoms with Crippen molar-refractivity contribution in [2.45, 2.75) is 24.7 Å². The molecule has 0 aliphatic carbocycles. The van der Waals surface area contributed by atoms with Crippen molar-refractivity contribution in [3.63, 3.8) is 0 Å². The number of hydrogen-bond donors (Lipinski definition) is 2. The van der Waals surface area contributed by atoms with Gasteiger partial charge in [-0.25, -0.2) is 13.1 Å². The van der Waals surface area contributed by atoms with Crippen molar-refractivity contribution in [3.05, 3.63) is 84.4 Å². The van der Waals surface area contributed by atoms with Crippen molar-refractivity contribution in [1.82, 2.24) is 4.72 Å². The van der Waals surface area contributed by atoms with Crippen molar-refractivity contribution < 1.29 is 13.2 Å². The van der Waals surface area contributed by atoms with Gasteiger partial charge < -0.3 is 5.32 Å². The van der Waals surface area contributed by atoms with Crippen molar-refractivity contribution in [2.24, 2.45) is 0 Å². The summed E-state index contributed by atoms with van der Waals surface area (Å²) in [6, 6.07) is 24.1. The molecular weight excluding hydrogens is 384 g/mol. The number of nitrogens with one attached hydrogen (secondary N) is 2. The van der Waals surface area contributed by atoms with Gasteiger partial charge in [-0.1, -0.05) is 60.2 Å². The lowest BCUT2D eigenvalue weighted by Crippen LogP contribution is -2.25. The first-order chi connectivity index (χ1) is 13.9. The summed E-state index contributed by atoms with van der Waals surface area (Å²) in [7, 11) is -3.60. The minimum atomic E-state index is -3.60. The highest BCUT2D eigenvalue weighted by molar-refractivity contribution is 7.89. The smallest absolute Gasteiger partial charge is 0.240 e. The molecule has 3 rings (SSSR count). The second-order valence-corrected chi connectivity index (χ2v) is 8.57. The van der Waals surface area contributed by atoms with E-state index in [1.54, 1.807) is 24.3 Å². The molecule has 3 aromatic carbocycles. The van der Waals surface area contributed by atoms with E-state index in [0.717, 1.165) is 22.4 Å². The van der Waals surface area contributed by atoms with Gasteiger partial charge in [0.25, 0.3) is 0 Å². The van der Waals surface area contributed by atoms with Crippen LogP contribution in [0.4, 0.5) is 5.69 Å². The average molecular weight is 409 g/mol. The molecule has 150 valence electrons. The largest absolute Gasteiger partial charge is 0.326 e. The van der Waals surface area contributed by atoms with Crippen LogP contribution in [-0.2, 0) is 14.8 Å². The fourth-order valence-corrected chi connectivity index (χ4v) is 3.93. The van der Waals surface area contributed by atoms with Gasteiger partial charge in [-0.15, -0.1) is 0 Å². The van der Waals surface area contributed by atoms with E-state index in [0.29, 0.717) is 6.42 Å². The van der Waals surface area contributed by atoms with Crippen LogP contribution in [-0.4, -0.2) is 20.9 Å². The molecule has 0 spiro atoms. The maximum Gasteiger partial charge on any atom is 0.240 e. The van der Waals surface area contributed by atoms with E-state index in [1.165, 1.54) is 0 Å². The van der Waals surface area contributed by atoms with Crippen LogP contribution in [0.5, 0.6) is 0 Å².